The van der Waals surface area contributed by atoms with Gasteiger partial charge < -0.3 is 10.6 Å². The van der Waals surface area contributed by atoms with E-state index >= 15 is 0 Å². The second kappa shape index (κ2) is 5.69. The number of aromatic nitrogens is 2. The van der Waals surface area contributed by atoms with Crippen molar-refractivity contribution in [2.24, 2.45) is 0 Å². The van der Waals surface area contributed by atoms with Gasteiger partial charge in [0.2, 0.25) is 5.91 Å². The molecule has 1 aromatic carbocycles. The summed E-state index contributed by atoms with van der Waals surface area (Å²) in [6.45, 7) is 4.84. The number of hydrogen-bond acceptors (Lipinski definition) is 3. The van der Waals surface area contributed by atoms with Crippen LogP contribution in [0.2, 0.25) is 0 Å². The van der Waals surface area contributed by atoms with Gasteiger partial charge in [0.1, 0.15) is 0 Å². The lowest BCUT2D eigenvalue weighted by atomic mass is 9.95. The second-order valence-corrected chi connectivity index (χ2v) is 5.70. The first kappa shape index (κ1) is 13.8. The van der Waals surface area contributed by atoms with E-state index in [1.165, 1.54) is 11.1 Å². The van der Waals surface area contributed by atoms with Crippen molar-refractivity contribution in [3.05, 3.63) is 47.8 Å². The number of rotatable bonds is 3. The maximum atomic E-state index is 12.3. The van der Waals surface area contributed by atoms with Crippen molar-refractivity contribution in [2.75, 3.05) is 5.32 Å². The fourth-order valence-corrected chi connectivity index (χ4v) is 2.55. The zero-order valence-corrected chi connectivity index (χ0v) is 12.3. The van der Waals surface area contributed by atoms with Gasteiger partial charge in [-0.05, 0) is 31.4 Å². The average molecular weight is 284 g/mol. The van der Waals surface area contributed by atoms with E-state index in [4.69, 9.17) is 0 Å². The third-order valence-electron chi connectivity index (χ3n) is 3.80. The normalized spacial score (nSPS) is 17.6. The van der Waals surface area contributed by atoms with E-state index in [0.717, 1.165) is 18.7 Å². The van der Waals surface area contributed by atoms with Crippen LogP contribution in [-0.2, 0) is 17.8 Å². The van der Waals surface area contributed by atoms with E-state index in [1.54, 1.807) is 6.20 Å². The Morgan fingerprint density at radius 2 is 2.14 bits per heavy atom. The second-order valence-electron chi connectivity index (χ2n) is 5.70. The number of nitrogens with zero attached hydrogens (tertiary/aromatic N) is 2. The Kier molecular flexibility index (Phi) is 3.75. The smallest absolute Gasteiger partial charge is 0.241 e. The van der Waals surface area contributed by atoms with Gasteiger partial charge in [-0.2, -0.15) is 5.10 Å². The van der Waals surface area contributed by atoms with Gasteiger partial charge in [0.25, 0.3) is 0 Å². The molecule has 1 atom stereocenters. The molecule has 21 heavy (non-hydrogen) atoms. The van der Waals surface area contributed by atoms with E-state index in [9.17, 15) is 4.79 Å². The molecule has 5 heteroatoms. The van der Waals surface area contributed by atoms with Gasteiger partial charge in [-0.25, -0.2) is 0 Å². The van der Waals surface area contributed by atoms with E-state index < -0.39 is 0 Å². The number of fused-ring (bicyclic) bond motifs is 1. The Bertz CT molecular complexity index is 647. The summed E-state index contributed by atoms with van der Waals surface area (Å²) in [4.78, 5) is 12.3. The predicted octanol–water partition coefficient (Wildman–Crippen LogP) is 2.12. The van der Waals surface area contributed by atoms with Crippen LogP contribution in [0, 0.1) is 0 Å². The van der Waals surface area contributed by atoms with E-state index in [2.05, 4.69) is 41.7 Å². The van der Waals surface area contributed by atoms with Crippen LogP contribution in [0.25, 0.3) is 0 Å². The molecular weight excluding hydrogens is 264 g/mol. The molecule has 110 valence electrons. The molecule has 1 aliphatic rings. The quantitative estimate of drug-likeness (QED) is 0.907. The van der Waals surface area contributed by atoms with E-state index in [-0.39, 0.29) is 18.0 Å². The Morgan fingerprint density at radius 1 is 1.38 bits per heavy atom. The summed E-state index contributed by atoms with van der Waals surface area (Å²) in [6, 6.07) is 8.33. The molecule has 0 saturated heterocycles. The number of benzene rings is 1. The molecule has 3 rings (SSSR count). The average Bonchev–Trinajstić information content (AvgIpc) is 2.95. The highest BCUT2D eigenvalue weighted by Crippen LogP contribution is 2.17. The Morgan fingerprint density at radius 3 is 2.86 bits per heavy atom. The first-order valence-electron chi connectivity index (χ1n) is 7.28. The highest BCUT2D eigenvalue weighted by Gasteiger charge is 2.24. The molecule has 0 bridgehead atoms. The summed E-state index contributed by atoms with van der Waals surface area (Å²) in [5.74, 6) is -0.00666. The van der Waals surface area contributed by atoms with Crippen LogP contribution in [0.15, 0.2) is 36.7 Å². The van der Waals surface area contributed by atoms with Gasteiger partial charge in [0.15, 0.2) is 0 Å². The number of hydrogen-bond donors (Lipinski definition) is 2. The van der Waals surface area contributed by atoms with Crippen LogP contribution in [0.4, 0.5) is 5.69 Å². The van der Waals surface area contributed by atoms with Crippen molar-refractivity contribution >= 4 is 11.6 Å². The molecule has 0 radical (unpaired) electrons. The molecular formula is C16H20N4O. The van der Waals surface area contributed by atoms with Gasteiger partial charge in [-0.1, -0.05) is 24.3 Å². The molecule has 0 fully saturated rings. The van der Waals surface area contributed by atoms with Gasteiger partial charge >= 0.3 is 0 Å². The summed E-state index contributed by atoms with van der Waals surface area (Å²) in [5.41, 5.74) is 3.26. The third kappa shape index (κ3) is 2.97. The molecule has 1 unspecified atom stereocenters. The van der Waals surface area contributed by atoms with Crippen LogP contribution >= 0.6 is 0 Å². The summed E-state index contributed by atoms with van der Waals surface area (Å²) < 4.78 is 1.83. The topological polar surface area (TPSA) is 59.0 Å². The van der Waals surface area contributed by atoms with Crippen molar-refractivity contribution in [3.8, 4) is 0 Å². The molecule has 2 aromatic rings. The maximum absolute atomic E-state index is 12.3. The van der Waals surface area contributed by atoms with Gasteiger partial charge in [0, 0.05) is 18.8 Å². The van der Waals surface area contributed by atoms with Crippen molar-refractivity contribution < 1.29 is 4.79 Å². The van der Waals surface area contributed by atoms with Crippen molar-refractivity contribution in [3.63, 3.8) is 0 Å². The lowest BCUT2D eigenvalue weighted by Crippen LogP contribution is -2.44. The molecule has 1 aliphatic heterocycles. The van der Waals surface area contributed by atoms with Crippen LogP contribution in [0.1, 0.15) is 31.0 Å². The number of carbonyl (C=O) groups excluding carboxylic acids is 1. The van der Waals surface area contributed by atoms with Crippen LogP contribution in [0.3, 0.4) is 0 Å². The van der Waals surface area contributed by atoms with Gasteiger partial charge in [-0.3, -0.25) is 9.48 Å². The summed E-state index contributed by atoms with van der Waals surface area (Å²) in [5, 5.41) is 10.4. The van der Waals surface area contributed by atoms with Crippen molar-refractivity contribution in [1.29, 1.82) is 0 Å². The minimum absolute atomic E-state index is 0.00666. The fraction of sp³-hybridized carbons (Fsp3) is 0.375. The molecule has 0 aliphatic carbocycles. The predicted molar refractivity (Wildman–Crippen MR) is 82.0 cm³/mol. The SMILES string of the molecule is CC(C)n1cc(NC(=O)C2Cc3ccccc3CN2)cn1. The number of anilines is 1. The minimum atomic E-state index is -0.192. The highest BCUT2D eigenvalue weighted by molar-refractivity contribution is 5.95. The maximum Gasteiger partial charge on any atom is 0.241 e. The van der Waals surface area contributed by atoms with E-state index in [0.29, 0.717) is 0 Å². The van der Waals surface area contributed by atoms with Crippen molar-refractivity contribution in [2.45, 2.75) is 38.9 Å². The lowest BCUT2D eigenvalue weighted by Gasteiger charge is -2.25. The standard InChI is InChI=1S/C16H20N4O/c1-11(2)20-10-14(9-18-20)19-16(21)15-7-12-5-3-4-6-13(12)8-17-15/h3-6,9-11,15,17H,7-8H2,1-2H3,(H,19,21). The van der Waals surface area contributed by atoms with Crippen LogP contribution in [0.5, 0.6) is 0 Å². The number of amides is 1. The molecule has 5 nitrogen and oxygen atoms in total. The molecule has 0 spiro atoms. The molecule has 0 saturated carbocycles. The molecule has 2 N–H and O–H groups in total. The van der Waals surface area contributed by atoms with Gasteiger partial charge in [-0.15, -0.1) is 0 Å². The van der Waals surface area contributed by atoms with Crippen LogP contribution < -0.4 is 10.6 Å². The first-order chi connectivity index (χ1) is 10.1. The Labute approximate surface area is 124 Å². The Balaban J connectivity index is 1.66. The zero-order chi connectivity index (χ0) is 14.8. The monoisotopic (exact) mass is 284 g/mol. The summed E-state index contributed by atoms with van der Waals surface area (Å²) in [6.07, 6.45) is 4.27. The lowest BCUT2D eigenvalue weighted by molar-refractivity contribution is -0.118. The number of nitrogens with one attached hydrogen (secondary N) is 2. The van der Waals surface area contributed by atoms with Gasteiger partial charge in [0.05, 0.1) is 17.9 Å². The summed E-state index contributed by atoms with van der Waals surface area (Å²) in [7, 11) is 0. The zero-order valence-electron chi connectivity index (χ0n) is 12.3. The number of carbonyl (C=O) groups is 1. The summed E-state index contributed by atoms with van der Waals surface area (Å²) >= 11 is 0. The molecule has 1 aromatic heterocycles. The van der Waals surface area contributed by atoms with Crippen LogP contribution in [-0.4, -0.2) is 21.7 Å². The molecule has 1 amide bonds. The van der Waals surface area contributed by atoms with Crippen molar-refractivity contribution in [1.82, 2.24) is 15.1 Å². The molecule has 2 heterocycles. The first-order valence-corrected chi connectivity index (χ1v) is 7.28. The largest absolute Gasteiger partial charge is 0.322 e. The van der Waals surface area contributed by atoms with E-state index in [1.807, 2.05) is 23.0 Å². The third-order valence-corrected chi connectivity index (χ3v) is 3.80. The highest BCUT2D eigenvalue weighted by atomic mass is 16.2. The fourth-order valence-electron chi connectivity index (χ4n) is 2.55. The Hall–Kier alpha value is -2.14. The minimum Gasteiger partial charge on any atom is -0.322 e.